The lowest BCUT2D eigenvalue weighted by molar-refractivity contribution is -0.480. The summed E-state index contributed by atoms with van der Waals surface area (Å²) >= 11 is 9.62. The molecular weight excluding hydrogens is 773 g/mol. The molecule has 3 N–H and O–H groups in total. The van der Waals surface area contributed by atoms with Crippen LogP contribution in [0, 0.1) is 16.0 Å². The van der Waals surface area contributed by atoms with E-state index in [0.29, 0.717) is 30.3 Å². The summed E-state index contributed by atoms with van der Waals surface area (Å²) in [5, 5.41) is 39.0. The number of unbranched alkanes of at least 4 members (excludes halogenated alkanes) is 2. The van der Waals surface area contributed by atoms with Crippen LogP contribution >= 0.6 is 32.8 Å². The monoisotopic (exact) mass is 827 g/mol. The van der Waals surface area contributed by atoms with Crippen LogP contribution in [-0.2, 0) is 26.2 Å². The zero-order valence-corrected chi connectivity index (χ0v) is 35.4. The maximum Gasteiger partial charge on any atom is 0.311 e. The van der Waals surface area contributed by atoms with E-state index in [9.17, 15) is 34.7 Å². The third kappa shape index (κ3) is 21.2. The minimum absolute atomic E-state index is 0.113. The average Bonchev–Trinajstić information content (AvgIpc) is 3.54. The van der Waals surface area contributed by atoms with Crippen LogP contribution in [0.5, 0.6) is 11.5 Å². The average molecular weight is 828 g/mol. The summed E-state index contributed by atoms with van der Waals surface area (Å²) in [5.74, 6) is 0.514. The Morgan fingerprint density at radius 3 is 2.28 bits per heavy atom. The lowest BCUT2D eigenvalue weighted by Gasteiger charge is -2.37. The maximum absolute atomic E-state index is 11.9. The van der Waals surface area contributed by atoms with Gasteiger partial charge in [-0.15, -0.1) is 0 Å². The molecule has 1 aliphatic heterocycles. The molecule has 2 aromatic rings. The van der Waals surface area contributed by atoms with Gasteiger partial charge >= 0.3 is 11.9 Å². The number of hydrogen-bond donors (Lipinski definition) is 3. The quantitative estimate of drug-likeness (QED) is 0.0263. The van der Waals surface area contributed by atoms with Gasteiger partial charge in [0.2, 0.25) is 6.54 Å². The molecule has 0 spiro atoms. The number of esters is 1. The van der Waals surface area contributed by atoms with Crippen molar-refractivity contribution in [2.45, 2.75) is 111 Å². The van der Waals surface area contributed by atoms with Crippen molar-refractivity contribution < 1.29 is 39.4 Å². The number of aliphatic carboxylic acids is 1. The smallest absolute Gasteiger partial charge is 0.311 e. The van der Waals surface area contributed by atoms with E-state index in [0.717, 1.165) is 56.7 Å². The summed E-state index contributed by atoms with van der Waals surface area (Å²) in [5.41, 5.74) is 0. The molecule has 1 saturated heterocycles. The number of carbonyl (C=O) groups is 3. The van der Waals surface area contributed by atoms with Crippen LogP contribution in [0.1, 0.15) is 105 Å². The van der Waals surface area contributed by atoms with Gasteiger partial charge in [0, 0.05) is 35.9 Å². The Morgan fingerprint density at radius 2 is 1.74 bits per heavy atom. The van der Waals surface area contributed by atoms with Crippen molar-refractivity contribution in [1.29, 1.82) is 0 Å². The van der Waals surface area contributed by atoms with E-state index < -0.39 is 21.7 Å². The van der Waals surface area contributed by atoms with Gasteiger partial charge in [-0.05, 0) is 98.8 Å². The second-order valence-electron chi connectivity index (χ2n) is 11.9. The van der Waals surface area contributed by atoms with Crippen LogP contribution in [0.4, 0.5) is 0 Å². The number of carboxylic acids is 1. The van der Waals surface area contributed by atoms with Crippen LogP contribution in [0.2, 0.25) is 0 Å². The number of aromatic hydroxyl groups is 1. The number of carboxylic acid groups (broad SMARTS) is 1. The number of aliphatic hydroxyl groups is 1. The van der Waals surface area contributed by atoms with Crippen molar-refractivity contribution in [1.82, 2.24) is 0 Å². The van der Waals surface area contributed by atoms with E-state index in [1.807, 2.05) is 91.3 Å². The number of phenolic OH excluding ortho intramolecular Hbond substituents is 1. The van der Waals surface area contributed by atoms with Gasteiger partial charge < -0.3 is 20.1 Å². The van der Waals surface area contributed by atoms with E-state index in [1.165, 1.54) is 5.30 Å². The molecule has 0 amide bonds. The molecule has 1 aliphatic carbocycles. The molecule has 10 nitrogen and oxygen atoms in total. The maximum atomic E-state index is 11.9. The van der Waals surface area contributed by atoms with Crippen LogP contribution in [0.25, 0.3) is 0 Å². The number of nitro groups is 1. The second-order valence-corrected chi connectivity index (χ2v) is 28.6. The molecule has 2 atom stereocenters. The van der Waals surface area contributed by atoms with Gasteiger partial charge in [0.15, 0.2) is 0 Å². The van der Waals surface area contributed by atoms with Gasteiger partial charge in [0.25, 0.3) is 0 Å². The zero-order chi connectivity index (χ0) is 39.6. The molecule has 294 valence electrons. The number of hydrogen-bond acceptors (Lipinski definition) is 11. The Kier molecular flexibility index (Phi) is 25.6. The summed E-state index contributed by atoms with van der Waals surface area (Å²) in [6.07, 6.45) is 16.1. The highest BCUT2D eigenvalue weighted by Gasteiger charge is 2.40. The Hall–Kier alpha value is -2.53. The highest BCUT2D eigenvalue weighted by molar-refractivity contribution is 9.43. The summed E-state index contributed by atoms with van der Waals surface area (Å²) < 4.78 is 3.75. The molecule has 2 fully saturated rings. The number of ketones is 1. The molecule has 1 saturated carbocycles. The van der Waals surface area contributed by atoms with E-state index in [2.05, 4.69) is 19.1 Å². The van der Waals surface area contributed by atoms with Gasteiger partial charge in [-0.3, -0.25) is 24.5 Å². The molecule has 53 heavy (non-hydrogen) atoms. The fourth-order valence-corrected chi connectivity index (χ4v) is 30.7. The second kappa shape index (κ2) is 28.0. The molecule has 0 bridgehead atoms. The SMILES string of the molecule is C/C=C\CCCC(=O)Oc1ccc(P2SP(=S)(c3ccc(O)cc3)S2)cc1.CC.CCCCC(O)C/C=C/C1CCC(=O)C1.O=C(O)CCC[N+](=O)[O-]. The van der Waals surface area contributed by atoms with Gasteiger partial charge in [0.05, 0.1) is 23.3 Å². The van der Waals surface area contributed by atoms with Crippen LogP contribution < -0.4 is 15.3 Å². The van der Waals surface area contributed by atoms with Gasteiger partial charge in [0.1, 0.15) is 17.3 Å². The largest absolute Gasteiger partial charge is 0.508 e. The molecule has 0 aromatic heterocycles. The Bertz CT molecular complexity index is 1480. The van der Waals surface area contributed by atoms with Crippen molar-refractivity contribution in [3.63, 3.8) is 0 Å². The topological polar surface area (TPSA) is 164 Å². The number of ether oxygens (including phenoxy) is 1. The summed E-state index contributed by atoms with van der Waals surface area (Å²) in [4.78, 5) is 41.7. The van der Waals surface area contributed by atoms with Crippen LogP contribution in [-0.4, -0.2) is 50.6 Å². The fraction of sp³-hybridized carbons (Fsp3) is 0.500. The normalized spacial score (nSPS) is 19.5. The van der Waals surface area contributed by atoms with Crippen LogP contribution in [0.15, 0.2) is 72.8 Å². The number of allylic oxidation sites excluding steroid dienone is 3. The lowest BCUT2D eigenvalue weighted by Crippen LogP contribution is -2.09. The van der Waals surface area contributed by atoms with E-state index in [-0.39, 0.29) is 37.2 Å². The van der Waals surface area contributed by atoms with Crippen molar-refractivity contribution in [3.05, 3.63) is 82.9 Å². The van der Waals surface area contributed by atoms with Crippen molar-refractivity contribution in [2.24, 2.45) is 5.92 Å². The molecule has 15 heteroatoms. The van der Waals surface area contributed by atoms with Gasteiger partial charge in [-0.2, -0.15) is 0 Å². The number of rotatable bonds is 17. The first-order chi connectivity index (χ1) is 25.3. The number of benzene rings is 2. The highest BCUT2D eigenvalue weighted by Crippen LogP contribution is 2.99. The first-order valence-electron chi connectivity index (χ1n) is 18.1. The Balaban J connectivity index is 0.000000454. The first-order valence-corrected chi connectivity index (χ1v) is 26.3. The first kappa shape index (κ1) is 48.5. The number of aliphatic hydroxyl groups excluding tert-OH is 1. The molecule has 4 rings (SSSR count). The summed E-state index contributed by atoms with van der Waals surface area (Å²) in [7, 11) is 0. The third-order valence-corrected chi connectivity index (χ3v) is 32.6. The zero-order valence-electron chi connectivity index (χ0n) is 31.1. The molecular formula is C38H55NO9P2S3. The molecule has 0 radical (unpaired) electrons. The van der Waals surface area contributed by atoms with Crippen molar-refractivity contribution in [2.75, 3.05) is 6.54 Å². The van der Waals surface area contributed by atoms with E-state index in [1.54, 1.807) is 12.1 Å². The predicted molar refractivity (Wildman–Crippen MR) is 226 cm³/mol. The van der Waals surface area contributed by atoms with Gasteiger partial charge in [-0.1, -0.05) is 91.7 Å². The minimum atomic E-state index is -1.65. The van der Waals surface area contributed by atoms with Crippen molar-refractivity contribution in [3.8, 4) is 11.5 Å². The predicted octanol–water partition coefficient (Wildman–Crippen LogP) is 10.1. The Morgan fingerprint density at radius 1 is 1.08 bits per heavy atom. The number of Topliss-reactive ketones (excluding diaryl/α,β-unsaturated/α-hetero) is 1. The molecule has 2 aliphatic rings. The van der Waals surface area contributed by atoms with E-state index in [4.69, 9.17) is 21.7 Å². The molecule has 2 unspecified atom stereocenters. The third-order valence-electron chi connectivity index (χ3n) is 7.52. The van der Waals surface area contributed by atoms with Crippen LogP contribution in [0.3, 0.4) is 0 Å². The highest BCUT2D eigenvalue weighted by atomic mass is 33.7. The molecule has 2 aromatic carbocycles. The standard InChI is InChI=1S/C19H20O3P2S3.C13H22O2.C4H7NO4.C2H6/c1-2-3-4-5-6-19(21)22-16-9-11-17(12-10-16)23-26-24(25,27-23)18-13-7-15(20)8-14-18;1-2-3-6-12(14)7-4-5-11-8-9-13(15)10-11;6-4(7)2-1-3-5(8)9;1-2/h2-3,7-14,20H,4-6H2,1H3;4-5,11-12,14H,2-3,6-10H2,1H3;1-3H2,(H,6,7);1-2H3/b3-2-;5-4+;;. The number of carbonyl (C=O) groups excluding carboxylic acids is 2. The summed E-state index contributed by atoms with van der Waals surface area (Å²) in [6, 6.07) is 15.1. The van der Waals surface area contributed by atoms with E-state index >= 15 is 0 Å². The fourth-order valence-electron chi connectivity index (χ4n) is 4.73. The minimum Gasteiger partial charge on any atom is -0.508 e. The number of nitrogens with zero attached hydrogens (tertiary/aromatic N) is 1. The Labute approximate surface area is 328 Å². The van der Waals surface area contributed by atoms with Crippen molar-refractivity contribution >= 4 is 72.9 Å². The number of phenols is 1. The molecule has 1 heterocycles. The van der Waals surface area contributed by atoms with Gasteiger partial charge in [-0.25, -0.2) is 0 Å². The lowest BCUT2D eigenvalue weighted by atomic mass is 10.1. The summed E-state index contributed by atoms with van der Waals surface area (Å²) in [6.45, 7) is 7.85.